The Morgan fingerprint density at radius 1 is 1.17 bits per heavy atom. The van der Waals surface area contributed by atoms with Crippen LogP contribution >= 0.6 is 0 Å². The van der Waals surface area contributed by atoms with Crippen LogP contribution < -0.4 is 5.48 Å². The van der Waals surface area contributed by atoms with Gasteiger partial charge in [-0.2, -0.15) is 5.48 Å². The van der Waals surface area contributed by atoms with Crippen molar-refractivity contribution in [2.75, 3.05) is 13.2 Å². The molecule has 5 nitrogen and oxygen atoms in total. The van der Waals surface area contributed by atoms with Gasteiger partial charge < -0.3 is 9.57 Å². The molecule has 0 aromatic heterocycles. The minimum absolute atomic E-state index is 0.137. The summed E-state index contributed by atoms with van der Waals surface area (Å²) in [4.78, 5) is 28.0. The Morgan fingerprint density at radius 3 is 2.50 bits per heavy atom. The number of amides is 1. The monoisotopic (exact) mass is 249 g/mol. The number of benzene rings is 1. The SMILES string of the molecule is O=C(ONC(=O)C1CCOCC1)c1ccccc1. The van der Waals surface area contributed by atoms with Crippen molar-refractivity contribution in [2.45, 2.75) is 12.8 Å². The molecule has 0 aliphatic carbocycles. The number of hydroxylamine groups is 1. The van der Waals surface area contributed by atoms with E-state index >= 15 is 0 Å². The molecule has 18 heavy (non-hydrogen) atoms. The van der Waals surface area contributed by atoms with Gasteiger partial charge in [0.15, 0.2) is 0 Å². The summed E-state index contributed by atoms with van der Waals surface area (Å²) in [6.45, 7) is 1.15. The van der Waals surface area contributed by atoms with E-state index in [4.69, 9.17) is 9.57 Å². The summed E-state index contributed by atoms with van der Waals surface area (Å²) in [6, 6.07) is 8.52. The maximum absolute atomic E-state index is 11.7. The van der Waals surface area contributed by atoms with E-state index in [0.717, 1.165) is 0 Å². The molecule has 5 heteroatoms. The van der Waals surface area contributed by atoms with Crippen molar-refractivity contribution in [2.24, 2.45) is 5.92 Å². The van der Waals surface area contributed by atoms with Crippen molar-refractivity contribution in [3.63, 3.8) is 0 Å². The maximum atomic E-state index is 11.7. The first-order valence-corrected chi connectivity index (χ1v) is 5.91. The van der Waals surface area contributed by atoms with Crippen molar-refractivity contribution >= 4 is 11.9 Å². The average Bonchev–Trinajstić information content (AvgIpc) is 2.46. The van der Waals surface area contributed by atoms with E-state index in [1.54, 1.807) is 30.3 Å². The molecule has 0 radical (unpaired) electrons. The van der Waals surface area contributed by atoms with Crippen molar-refractivity contribution in [1.29, 1.82) is 0 Å². The molecule has 1 aromatic carbocycles. The van der Waals surface area contributed by atoms with Crippen LogP contribution in [0.3, 0.4) is 0 Å². The molecule has 2 rings (SSSR count). The molecule has 1 N–H and O–H groups in total. The van der Waals surface area contributed by atoms with Gasteiger partial charge >= 0.3 is 5.97 Å². The van der Waals surface area contributed by atoms with Crippen LogP contribution in [0.4, 0.5) is 0 Å². The van der Waals surface area contributed by atoms with Gasteiger partial charge in [0.2, 0.25) is 0 Å². The Balaban J connectivity index is 1.80. The molecule has 1 aliphatic heterocycles. The largest absolute Gasteiger partial charge is 0.381 e. The highest BCUT2D eigenvalue weighted by Crippen LogP contribution is 2.14. The van der Waals surface area contributed by atoms with E-state index in [2.05, 4.69) is 5.48 Å². The zero-order chi connectivity index (χ0) is 12.8. The zero-order valence-corrected chi connectivity index (χ0v) is 9.93. The number of ether oxygens (including phenoxy) is 1. The lowest BCUT2D eigenvalue weighted by molar-refractivity contribution is -0.137. The molecule has 1 fully saturated rings. The molecule has 1 aliphatic rings. The number of nitrogens with one attached hydrogen (secondary N) is 1. The first-order valence-electron chi connectivity index (χ1n) is 5.91. The van der Waals surface area contributed by atoms with Crippen LogP contribution in [-0.2, 0) is 14.4 Å². The third kappa shape index (κ3) is 3.30. The molecule has 96 valence electrons. The summed E-state index contributed by atoms with van der Waals surface area (Å²) in [7, 11) is 0. The fraction of sp³-hybridized carbons (Fsp3) is 0.385. The van der Waals surface area contributed by atoms with Gasteiger partial charge in [-0.1, -0.05) is 18.2 Å². The molecule has 1 saturated heterocycles. The maximum Gasteiger partial charge on any atom is 0.362 e. The minimum Gasteiger partial charge on any atom is -0.381 e. The van der Waals surface area contributed by atoms with Gasteiger partial charge in [-0.25, -0.2) is 4.79 Å². The number of carbonyl (C=O) groups excluding carboxylic acids is 2. The highest BCUT2D eigenvalue weighted by atomic mass is 16.7. The number of hydrogen-bond donors (Lipinski definition) is 1. The third-order valence-electron chi connectivity index (χ3n) is 2.85. The van der Waals surface area contributed by atoms with Crippen molar-refractivity contribution < 1.29 is 19.2 Å². The highest BCUT2D eigenvalue weighted by Gasteiger charge is 2.22. The Morgan fingerprint density at radius 2 is 1.83 bits per heavy atom. The lowest BCUT2D eigenvalue weighted by Gasteiger charge is -2.20. The number of carbonyl (C=O) groups is 2. The van der Waals surface area contributed by atoms with Crippen LogP contribution in [-0.4, -0.2) is 25.1 Å². The highest BCUT2D eigenvalue weighted by molar-refractivity contribution is 5.90. The van der Waals surface area contributed by atoms with Gasteiger partial charge in [0.1, 0.15) is 0 Å². The second kappa shape index (κ2) is 6.16. The number of hydrogen-bond acceptors (Lipinski definition) is 4. The molecule has 1 aromatic rings. The van der Waals surface area contributed by atoms with Crippen molar-refractivity contribution in [1.82, 2.24) is 5.48 Å². The lowest BCUT2D eigenvalue weighted by Crippen LogP contribution is -2.35. The van der Waals surface area contributed by atoms with E-state index < -0.39 is 5.97 Å². The summed E-state index contributed by atoms with van der Waals surface area (Å²) in [5, 5.41) is 0. The summed E-state index contributed by atoms with van der Waals surface area (Å²) in [5.74, 6) is -0.957. The third-order valence-corrected chi connectivity index (χ3v) is 2.85. The van der Waals surface area contributed by atoms with Crippen molar-refractivity contribution in [3.8, 4) is 0 Å². The molecule has 0 atom stereocenters. The summed E-state index contributed by atoms with van der Waals surface area (Å²) >= 11 is 0. The van der Waals surface area contributed by atoms with Gasteiger partial charge in [-0.3, -0.25) is 4.79 Å². The fourth-order valence-electron chi connectivity index (χ4n) is 1.77. The average molecular weight is 249 g/mol. The quantitative estimate of drug-likeness (QED) is 0.802. The van der Waals surface area contributed by atoms with Gasteiger partial charge in [0, 0.05) is 19.1 Å². The molecule has 0 bridgehead atoms. The van der Waals surface area contributed by atoms with Crippen LogP contribution in [0.5, 0.6) is 0 Å². The van der Waals surface area contributed by atoms with E-state index in [9.17, 15) is 9.59 Å². The number of rotatable bonds is 2. The van der Waals surface area contributed by atoms with E-state index in [-0.39, 0.29) is 11.8 Å². The Labute approximate surface area is 105 Å². The summed E-state index contributed by atoms with van der Waals surface area (Å²) < 4.78 is 5.16. The first-order chi connectivity index (χ1) is 8.77. The first kappa shape index (κ1) is 12.6. The van der Waals surface area contributed by atoms with Gasteiger partial charge in [0.05, 0.1) is 5.56 Å². The van der Waals surface area contributed by atoms with Crippen LogP contribution in [0.1, 0.15) is 23.2 Å². The second-order valence-corrected chi connectivity index (χ2v) is 4.11. The predicted molar refractivity (Wildman–Crippen MR) is 63.5 cm³/mol. The molecular formula is C13H15NO4. The molecule has 0 spiro atoms. The van der Waals surface area contributed by atoms with Crippen LogP contribution in [0.25, 0.3) is 0 Å². The van der Waals surface area contributed by atoms with Crippen LogP contribution in [0.2, 0.25) is 0 Å². The topological polar surface area (TPSA) is 64.6 Å². The molecule has 1 amide bonds. The van der Waals surface area contributed by atoms with Crippen molar-refractivity contribution in [3.05, 3.63) is 35.9 Å². The van der Waals surface area contributed by atoms with E-state index in [0.29, 0.717) is 31.6 Å². The Hall–Kier alpha value is -1.88. The Kier molecular flexibility index (Phi) is 4.30. The zero-order valence-electron chi connectivity index (χ0n) is 9.93. The fourth-order valence-corrected chi connectivity index (χ4v) is 1.77. The second-order valence-electron chi connectivity index (χ2n) is 4.11. The van der Waals surface area contributed by atoms with Crippen LogP contribution in [0, 0.1) is 5.92 Å². The standard InChI is InChI=1S/C13H15NO4/c15-12(10-6-8-17-9-7-10)14-18-13(16)11-4-2-1-3-5-11/h1-5,10H,6-9H2,(H,14,15). The predicted octanol–water partition coefficient (Wildman–Crippen LogP) is 1.30. The van der Waals surface area contributed by atoms with Gasteiger partial charge in [0.25, 0.3) is 5.91 Å². The van der Waals surface area contributed by atoms with E-state index in [1.807, 2.05) is 0 Å². The summed E-state index contributed by atoms with van der Waals surface area (Å²) in [6.07, 6.45) is 1.32. The summed E-state index contributed by atoms with van der Waals surface area (Å²) in [5.41, 5.74) is 2.61. The van der Waals surface area contributed by atoms with E-state index in [1.165, 1.54) is 0 Å². The van der Waals surface area contributed by atoms with Gasteiger partial charge in [-0.05, 0) is 25.0 Å². The smallest absolute Gasteiger partial charge is 0.362 e. The van der Waals surface area contributed by atoms with Crippen LogP contribution in [0.15, 0.2) is 30.3 Å². The van der Waals surface area contributed by atoms with Gasteiger partial charge in [-0.15, -0.1) is 0 Å². The molecule has 0 unspecified atom stereocenters. The molecule has 0 saturated carbocycles. The normalized spacial score (nSPS) is 16.0. The molecular weight excluding hydrogens is 234 g/mol. The molecule has 1 heterocycles. The lowest BCUT2D eigenvalue weighted by atomic mass is 10.00. The Bertz CT molecular complexity index is 412. The minimum atomic E-state index is -0.559.